The van der Waals surface area contributed by atoms with Crippen LogP contribution in [0.2, 0.25) is 0 Å². The molecule has 3 rings (SSSR count). The van der Waals surface area contributed by atoms with E-state index in [1.54, 1.807) is 12.1 Å². The quantitative estimate of drug-likeness (QED) is 0.274. The van der Waals surface area contributed by atoms with E-state index in [0.717, 1.165) is 17.3 Å². The molecule has 0 aliphatic rings. The highest BCUT2D eigenvalue weighted by atomic mass is 32.2. The van der Waals surface area contributed by atoms with Gasteiger partial charge >= 0.3 is 0 Å². The summed E-state index contributed by atoms with van der Waals surface area (Å²) in [6, 6.07) is 10.6. The first-order chi connectivity index (χ1) is 15.9. The molecule has 35 heavy (non-hydrogen) atoms. The SMILES string of the molecule is CC(C)(C)Nc1cccc(CNc2ccc(S(=O)(=O)O)c3cc(S(=O)(=O)O)cc(S(=O)(=O)O)c23)c1. The topological polar surface area (TPSA) is 187 Å². The summed E-state index contributed by atoms with van der Waals surface area (Å²) in [6.45, 7) is 6.08. The molecule has 3 aromatic rings. The van der Waals surface area contributed by atoms with Gasteiger partial charge in [-0.25, -0.2) is 0 Å². The first kappa shape index (κ1) is 26.8. The molecule has 0 bridgehead atoms. The molecule has 0 heterocycles. The molecule has 14 heteroatoms. The van der Waals surface area contributed by atoms with E-state index in [-0.39, 0.29) is 23.2 Å². The predicted octanol–water partition coefficient (Wildman–Crippen LogP) is 3.40. The number of anilines is 2. The number of fused-ring (bicyclic) bond motifs is 1. The van der Waals surface area contributed by atoms with Crippen LogP contribution in [0.1, 0.15) is 26.3 Å². The largest absolute Gasteiger partial charge is 0.380 e. The van der Waals surface area contributed by atoms with Crippen molar-refractivity contribution < 1.29 is 38.9 Å². The molecule has 0 atom stereocenters. The first-order valence-electron chi connectivity index (χ1n) is 10.0. The Morgan fingerprint density at radius 3 is 1.94 bits per heavy atom. The lowest BCUT2D eigenvalue weighted by atomic mass is 10.1. The molecule has 0 saturated heterocycles. The third-order valence-corrected chi connectivity index (χ3v) is 7.42. The summed E-state index contributed by atoms with van der Waals surface area (Å²) >= 11 is 0. The number of hydrogen-bond acceptors (Lipinski definition) is 8. The number of nitrogens with one attached hydrogen (secondary N) is 2. The Labute approximate surface area is 203 Å². The maximum atomic E-state index is 12.1. The second-order valence-corrected chi connectivity index (χ2v) is 13.0. The van der Waals surface area contributed by atoms with Crippen molar-refractivity contribution in [3.05, 3.63) is 54.1 Å². The summed E-state index contributed by atoms with van der Waals surface area (Å²) in [6.07, 6.45) is 0. The zero-order chi connectivity index (χ0) is 26.4. The van der Waals surface area contributed by atoms with Gasteiger partial charge < -0.3 is 10.6 Å². The van der Waals surface area contributed by atoms with Crippen LogP contribution in [0.25, 0.3) is 10.8 Å². The molecule has 190 valence electrons. The lowest BCUT2D eigenvalue weighted by Crippen LogP contribution is -2.26. The van der Waals surface area contributed by atoms with Crippen LogP contribution < -0.4 is 10.6 Å². The van der Waals surface area contributed by atoms with Crippen molar-refractivity contribution in [3.63, 3.8) is 0 Å². The summed E-state index contributed by atoms with van der Waals surface area (Å²) in [5.41, 5.74) is 1.40. The minimum Gasteiger partial charge on any atom is -0.380 e. The summed E-state index contributed by atoms with van der Waals surface area (Å²) in [7, 11) is -15.1. The molecule has 0 unspecified atom stereocenters. The summed E-state index contributed by atoms with van der Waals surface area (Å²) in [5.74, 6) is 0. The van der Waals surface area contributed by atoms with Crippen LogP contribution in [-0.4, -0.2) is 44.5 Å². The zero-order valence-corrected chi connectivity index (χ0v) is 21.3. The number of rotatable bonds is 7. The molecule has 0 radical (unpaired) electrons. The zero-order valence-electron chi connectivity index (χ0n) is 18.8. The van der Waals surface area contributed by atoms with E-state index < -0.39 is 50.4 Å². The van der Waals surface area contributed by atoms with Gasteiger partial charge in [0, 0.05) is 34.2 Å². The smallest absolute Gasteiger partial charge is 0.295 e. The minimum absolute atomic E-state index is 0.0242. The van der Waals surface area contributed by atoms with Crippen molar-refractivity contribution in [1.29, 1.82) is 0 Å². The number of hydrogen-bond donors (Lipinski definition) is 5. The van der Waals surface area contributed by atoms with Gasteiger partial charge in [0.2, 0.25) is 0 Å². The van der Waals surface area contributed by atoms with Gasteiger partial charge in [0.15, 0.2) is 0 Å². The Morgan fingerprint density at radius 2 is 1.40 bits per heavy atom. The lowest BCUT2D eigenvalue weighted by molar-refractivity contribution is 0.478. The minimum atomic E-state index is -5.11. The molecule has 0 aromatic heterocycles. The normalized spacial score (nSPS) is 13.1. The Morgan fingerprint density at radius 1 is 0.771 bits per heavy atom. The maximum Gasteiger partial charge on any atom is 0.295 e. The van der Waals surface area contributed by atoms with Crippen LogP contribution in [0.5, 0.6) is 0 Å². The van der Waals surface area contributed by atoms with Crippen LogP contribution in [0.15, 0.2) is 63.2 Å². The van der Waals surface area contributed by atoms with E-state index in [9.17, 15) is 38.9 Å². The van der Waals surface area contributed by atoms with Gasteiger partial charge in [-0.05, 0) is 62.7 Å². The van der Waals surface area contributed by atoms with E-state index >= 15 is 0 Å². The van der Waals surface area contributed by atoms with Crippen molar-refractivity contribution in [2.24, 2.45) is 0 Å². The summed E-state index contributed by atoms with van der Waals surface area (Å²) < 4.78 is 100. The van der Waals surface area contributed by atoms with E-state index in [2.05, 4.69) is 10.6 Å². The van der Waals surface area contributed by atoms with Gasteiger partial charge in [0.25, 0.3) is 30.4 Å². The molecule has 5 N–H and O–H groups in total. The van der Waals surface area contributed by atoms with Crippen LogP contribution >= 0.6 is 0 Å². The van der Waals surface area contributed by atoms with Crippen molar-refractivity contribution in [3.8, 4) is 0 Å². The van der Waals surface area contributed by atoms with Gasteiger partial charge in [-0.15, -0.1) is 0 Å². The lowest BCUT2D eigenvalue weighted by Gasteiger charge is -2.22. The maximum absolute atomic E-state index is 12.1. The Bertz CT molecular complexity index is 1620. The fraction of sp³-hybridized carbons (Fsp3) is 0.238. The predicted molar refractivity (Wildman–Crippen MR) is 131 cm³/mol. The highest BCUT2D eigenvalue weighted by Crippen LogP contribution is 2.37. The van der Waals surface area contributed by atoms with Crippen molar-refractivity contribution in [2.45, 2.75) is 47.5 Å². The molecule has 0 amide bonds. The van der Waals surface area contributed by atoms with Crippen molar-refractivity contribution in [2.75, 3.05) is 10.6 Å². The van der Waals surface area contributed by atoms with Gasteiger partial charge in [0.05, 0.1) is 4.90 Å². The molecule has 11 nitrogen and oxygen atoms in total. The molecule has 0 aliphatic heterocycles. The number of benzene rings is 3. The first-order valence-corrected chi connectivity index (χ1v) is 14.3. The van der Waals surface area contributed by atoms with Gasteiger partial charge in [-0.2, -0.15) is 25.3 Å². The molecule has 0 aliphatic carbocycles. The fourth-order valence-corrected chi connectivity index (χ4v) is 5.55. The molecular weight excluding hydrogens is 520 g/mol. The second-order valence-electron chi connectivity index (χ2n) is 8.81. The Hall–Kier alpha value is -2.75. The highest BCUT2D eigenvalue weighted by molar-refractivity contribution is 7.87. The van der Waals surface area contributed by atoms with Gasteiger partial charge in [0.1, 0.15) is 9.79 Å². The van der Waals surface area contributed by atoms with E-state index in [1.165, 1.54) is 6.07 Å². The molecule has 3 aromatic carbocycles. The summed E-state index contributed by atoms with van der Waals surface area (Å²) in [5, 5.41) is 5.33. The molecule has 0 fully saturated rings. The Kier molecular flexibility index (Phi) is 6.93. The third kappa shape index (κ3) is 6.48. The monoisotopic (exact) mass is 544 g/mol. The van der Waals surface area contributed by atoms with Crippen LogP contribution in [0.3, 0.4) is 0 Å². The highest BCUT2D eigenvalue weighted by Gasteiger charge is 2.26. The van der Waals surface area contributed by atoms with Gasteiger partial charge in [-0.1, -0.05) is 12.1 Å². The van der Waals surface area contributed by atoms with E-state index in [1.807, 2.05) is 32.9 Å². The van der Waals surface area contributed by atoms with Crippen molar-refractivity contribution in [1.82, 2.24) is 0 Å². The van der Waals surface area contributed by atoms with Crippen LogP contribution in [-0.2, 0) is 36.9 Å². The van der Waals surface area contributed by atoms with E-state index in [4.69, 9.17) is 0 Å². The second kappa shape index (κ2) is 9.04. The third-order valence-electron chi connectivity index (χ3n) is 4.79. The van der Waals surface area contributed by atoms with E-state index in [0.29, 0.717) is 12.1 Å². The van der Waals surface area contributed by atoms with Crippen LogP contribution in [0.4, 0.5) is 11.4 Å². The molecule has 0 spiro atoms. The standard InChI is InChI=1S/C21H24N2O9S3/c1-21(2,3)23-14-6-4-5-13(9-14)12-22-17-7-8-18(34(27,28)29)16-10-15(33(24,25)26)11-19(20(16)17)35(30,31)32/h4-11,22-23H,12H2,1-3H3,(H,24,25,26)(H,27,28,29)(H,30,31,32). The Balaban J connectivity index is 2.22. The average Bonchev–Trinajstić information content (AvgIpc) is 2.67. The van der Waals surface area contributed by atoms with Crippen molar-refractivity contribution >= 4 is 52.5 Å². The molecular formula is C21H24N2O9S3. The average molecular weight is 545 g/mol. The fourth-order valence-electron chi connectivity index (χ4n) is 3.51. The summed E-state index contributed by atoms with van der Waals surface area (Å²) in [4.78, 5) is -2.77. The molecule has 0 saturated carbocycles. The van der Waals surface area contributed by atoms with Crippen LogP contribution in [0, 0.1) is 0 Å². The van der Waals surface area contributed by atoms with Gasteiger partial charge in [-0.3, -0.25) is 13.7 Å².